The quantitative estimate of drug-likeness (QED) is 0.656. The zero-order chi connectivity index (χ0) is 19.1. The van der Waals surface area contributed by atoms with Crippen LogP contribution in [0.15, 0.2) is 11.6 Å². The number of amides is 1. The molecule has 1 spiro atoms. The highest BCUT2D eigenvalue weighted by molar-refractivity contribution is 6.05. The highest BCUT2D eigenvalue weighted by Crippen LogP contribution is 2.54. The van der Waals surface area contributed by atoms with E-state index in [4.69, 9.17) is 4.74 Å². The number of Topliss-reactive ketones (excluding diaryl/α,β-unsaturated/α-hetero) is 1. The van der Waals surface area contributed by atoms with E-state index in [9.17, 15) is 14.4 Å². The van der Waals surface area contributed by atoms with Crippen LogP contribution in [0.1, 0.15) is 66.2 Å². The molecule has 5 heteroatoms. The fourth-order valence-corrected chi connectivity index (χ4v) is 4.95. The third-order valence-electron chi connectivity index (χ3n) is 6.00. The summed E-state index contributed by atoms with van der Waals surface area (Å²) in [6.45, 7) is 8.83. The minimum atomic E-state index is -0.590. The first-order valence-corrected chi connectivity index (χ1v) is 9.89. The largest absolute Gasteiger partial charge is 0.444 e. The molecule has 0 aromatic carbocycles. The van der Waals surface area contributed by atoms with Crippen LogP contribution < -0.4 is 0 Å². The Hall–Kier alpha value is -1.65. The molecule has 26 heavy (non-hydrogen) atoms. The molecule has 3 aliphatic rings. The average Bonchev–Trinajstić information content (AvgIpc) is 2.81. The number of nitrogens with zero attached hydrogens (tertiary/aromatic N) is 1. The molecule has 0 aromatic rings. The predicted molar refractivity (Wildman–Crippen MR) is 98.7 cm³/mol. The molecule has 1 amide bonds. The molecule has 0 bridgehead atoms. The molecule has 0 N–H and O–H groups in total. The van der Waals surface area contributed by atoms with Crippen molar-refractivity contribution < 1.29 is 19.1 Å². The average molecular weight is 361 g/mol. The number of carbonyl (C=O) groups is 3. The Kier molecular flexibility index (Phi) is 5.02. The van der Waals surface area contributed by atoms with Crippen LogP contribution in [-0.2, 0) is 14.3 Å². The molecular formula is C21H31NO4. The summed E-state index contributed by atoms with van der Waals surface area (Å²) < 4.78 is 5.51. The minimum Gasteiger partial charge on any atom is -0.444 e. The highest BCUT2D eigenvalue weighted by atomic mass is 16.6. The fraction of sp³-hybridized carbons (Fsp3) is 0.762. The molecule has 1 saturated heterocycles. The number of rotatable bonds is 0. The van der Waals surface area contributed by atoms with Gasteiger partial charge in [-0.05, 0) is 64.9 Å². The summed E-state index contributed by atoms with van der Waals surface area (Å²) in [5.41, 5.74) is -0.0541. The normalized spacial score (nSPS) is 32.8. The van der Waals surface area contributed by atoms with Gasteiger partial charge >= 0.3 is 6.09 Å². The van der Waals surface area contributed by atoms with Gasteiger partial charge in [0.05, 0.1) is 5.41 Å². The van der Waals surface area contributed by atoms with E-state index in [0.29, 0.717) is 38.3 Å². The van der Waals surface area contributed by atoms with Crippen molar-refractivity contribution in [3.63, 3.8) is 0 Å². The zero-order valence-corrected chi connectivity index (χ0v) is 16.5. The monoisotopic (exact) mass is 361 g/mol. The second-order valence-electron chi connectivity index (χ2n) is 9.25. The number of hydrogen-bond donors (Lipinski definition) is 0. The van der Waals surface area contributed by atoms with Crippen LogP contribution >= 0.6 is 0 Å². The molecule has 2 aliphatic carbocycles. The summed E-state index contributed by atoms with van der Waals surface area (Å²) in [4.78, 5) is 39.9. The molecule has 0 radical (unpaired) electrons. The van der Waals surface area contributed by atoms with Crippen molar-refractivity contribution in [2.75, 3.05) is 13.1 Å². The first-order valence-electron chi connectivity index (χ1n) is 9.89. The standard InChI is InChI=1S/C21H31NO4/c1-14-11-15-13-17(23)16-7-5-9-22(19(25)26-20(2,3)4)10-6-8-21(15,16)18(24)12-14/h13-14,16H,5-12H2,1-4H3/t14?,16-,21?/m0/s1. The smallest absolute Gasteiger partial charge is 0.410 e. The Morgan fingerprint density at radius 3 is 2.58 bits per heavy atom. The highest BCUT2D eigenvalue weighted by Gasteiger charge is 2.55. The first kappa shape index (κ1) is 19.1. The second-order valence-corrected chi connectivity index (χ2v) is 9.25. The van der Waals surface area contributed by atoms with Gasteiger partial charge in [-0.3, -0.25) is 9.59 Å². The summed E-state index contributed by atoms with van der Waals surface area (Å²) in [7, 11) is 0. The topological polar surface area (TPSA) is 63.7 Å². The van der Waals surface area contributed by atoms with Crippen LogP contribution in [0.2, 0.25) is 0 Å². The van der Waals surface area contributed by atoms with Gasteiger partial charge in [0.15, 0.2) is 5.78 Å². The predicted octanol–water partition coefficient (Wildman–Crippen LogP) is 3.91. The molecule has 3 atom stereocenters. The minimum absolute atomic E-state index is 0.119. The van der Waals surface area contributed by atoms with Gasteiger partial charge in [0, 0.05) is 25.4 Å². The van der Waals surface area contributed by atoms with E-state index in [1.165, 1.54) is 0 Å². The number of ketones is 2. The van der Waals surface area contributed by atoms with Crippen molar-refractivity contribution in [1.82, 2.24) is 4.90 Å². The first-order chi connectivity index (χ1) is 12.1. The van der Waals surface area contributed by atoms with E-state index in [1.54, 1.807) is 11.0 Å². The van der Waals surface area contributed by atoms with Gasteiger partial charge in [0.2, 0.25) is 0 Å². The van der Waals surface area contributed by atoms with E-state index >= 15 is 0 Å². The van der Waals surface area contributed by atoms with Crippen LogP contribution in [0.4, 0.5) is 4.79 Å². The van der Waals surface area contributed by atoms with Crippen LogP contribution in [0.3, 0.4) is 0 Å². The Morgan fingerprint density at radius 2 is 1.88 bits per heavy atom. The zero-order valence-electron chi connectivity index (χ0n) is 16.5. The van der Waals surface area contributed by atoms with Crippen molar-refractivity contribution in [3.05, 3.63) is 11.6 Å². The van der Waals surface area contributed by atoms with E-state index in [1.807, 2.05) is 20.8 Å². The molecule has 0 aromatic heterocycles. The van der Waals surface area contributed by atoms with Gasteiger partial charge in [-0.25, -0.2) is 4.79 Å². The van der Waals surface area contributed by atoms with Crippen molar-refractivity contribution in [1.29, 1.82) is 0 Å². The SMILES string of the molecule is CC1CC(=O)C23CCCN(C(=O)OC(C)(C)C)CCC[C@H]2C(=O)C=C3C1. The van der Waals surface area contributed by atoms with Gasteiger partial charge in [0.25, 0.3) is 0 Å². The maximum Gasteiger partial charge on any atom is 0.410 e. The molecule has 5 nitrogen and oxygen atoms in total. The summed E-state index contributed by atoms with van der Waals surface area (Å²) in [6, 6.07) is 0. The Morgan fingerprint density at radius 1 is 1.19 bits per heavy atom. The Balaban J connectivity index is 1.79. The van der Waals surface area contributed by atoms with E-state index < -0.39 is 11.0 Å². The van der Waals surface area contributed by atoms with Crippen LogP contribution in [0, 0.1) is 17.3 Å². The molecule has 3 rings (SSSR count). The number of hydrogen-bond acceptors (Lipinski definition) is 4. The van der Waals surface area contributed by atoms with Gasteiger partial charge in [-0.1, -0.05) is 12.5 Å². The van der Waals surface area contributed by atoms with Crippen LogP contribution in [-0.4, -0.2) is 41.3 Å². The molecular weight excluding hydrogens is 330 g/mol. The lowest BCUT2D eigenvalue weighted by Gasteiger charge is -2.41. The summed E-state index contributed by atoms with van der Waals surface area (Å²) in [5.74, 6) is 0.449. The van der Waals surface area contributed by atoms with Crippen molar-refractivity contribution >= 4 is 17.7 Å². The van der Waals surface area contributed by atoms with Gasteiger partial charge in [-0.15, -0.1) is 0 Å². The number of carbonyl (C=O) groups excluding carboxylic acids is 3. The Bertz CT molecular complexity index is 645. The third kappa shape index (κ3) is 3.45. The maximum atomic E-state index is 13.1. The van der Waals surface area contributed by atoms with Crippen molar-refractivity contribution in [2.24, 2.45) is 17.3 Å². The molecule has 2 fully saturated rings. The molecule has 1 aliphatic heterocycles. The van der Waals surface area contributed by atoms with Gasteiger partial charge in [-0.2, -0.15) is 0 Å². The van der Waals surface area contributed by atoms with Crippen LogP contribution in [0.25, 0.3) is 0 Å². The Labute approximate surface area is 156 Å². The number of allylic oxidation sites excluding steroid dienone is 2. The lowest BCUT2D eigenvalue weighted by Crippen LogP contribution is -2.43. The summed E-state index contributed by atoms with van der Waals surface area (Å²) in [5, 5.41) is 0. The molecule has 144 valence electrons. The lowest BCUT2D eigenvalue weighted by atomic mass is 9.60. The second kappa shape index (κ2) is 6.82. The van der Waals surface area contributed by atoms with Crippen molar-refractivity contribution in [2.45, 2.75) is 71.8 Å². The van der Waals surface area contributed by atoms with Crippen molar-refractivity contribution in [3.8, 4) is 0 Å². The van der Waals surface area contributed by atoms with E-state index in [2.05, 4.69) is 6.92 Å². The lowest BCUT2D eigenvalue weighted by molar-refractivity contribution is -0.136. The fourth-order valence-electron chi connectivity index (χ4n) is 4.95. The summed E-state index contributed by atoms with van der Waals surface area (Å²) in [6.07, 6.45) is 5.67. The molecule has 1 heterocycles. The van der Waals surface area contributed by atoms with Gasteiger partial charge < -0.3 is 9.64 Å². The number of ether oxygens (including phenoxy) is 1. The molecule has 1 saturated carbocycles. The molecule has 2 unspecified atom stereocenters. The van der Waals surface area contributed by atoms with E-state index in [0.717, 1.165) is 24.8 Å². The van der Waals surface area contributed by atoms with Crippen LogP contribution in [0.5, 0.6) is 0 Å². The van der Waals surface area contributed by atoms with E-state index in [-0.39, 0.29) is 23.6 Å². The summed E-state index contributed by atoms with van der Waals surface area (Å²) >= 11 is 0. The maximum absolute atomic E-state index is 13.1. The third-order valence-corrected chi connectivity index (χ3v) is 6.00. The van der Waals surface area contributed by atoms with Gasteiger partial charge in [0.1, 0.15) is 11.4 Å².